The number of rotatable bonds is 11. The van der Waals surface area contributed by atoms with Crippen molar-refractivity contribution in [2.45, 2.75) is 51.3 Å². The van der Waals surface area contributed by atoms with Crippen LogP contribution in [0.3, 0.4) is 0 Å². The summed E-state index contributed by atoms with van der Waals surface area (Å²) in [5.41, 5.74) is 1.23. The van der Waals surface area contributed by atoms with Gasteiger partial charge in [0.05, 0.1) is 5.54 Å². The van der Waals surface area contributed by atoms with E-state index in [0.717, 1.165) is 24.0 Å². The number of likely N-dealkylation sites (N-methyl/N-ethyl adjacent to an activating group) is 1. The van der Waals surface area contributed by atoms with Crippen molar-refractivity contribution in [3.8, 4) is 0 Å². The van der Waals surface area contributed by atoms with E-state index in [1.54, 1.807) is 11.0 Å². The third-order valence-electron chi connectivity index (χ3n) is 5.88. The molecular weight excluding hydrogens is 430 g/mol. The lowest BCUT2D eigenvalue weighted by Gasteiger charge is -2.22. The van der Waals surface area contributed by atoms with Crippen LogP contribution in [0.15, 0.2) is 72.8 Å². The second-order valence-corrected chi connectivity index (χ2v) is 8.44. The molecule has 1 fully saturated rings. The van der Waals surface area contributed by atoms with Gasteiger partial charge in [0.25, 0.3) is 0 Å². The van der Waals surface area contributed by atoms with Crippen LogP contribution in [-0.4, -0.2) is 47.5 Å². The Labute approximate surface area is 201 Å². The lowest BCUT2D eigenvalue weighted by Crippen LogP contribution is -2.51. The summed E-state index contributed by atoms with van der Waals surface area (Å²) in [5, 5.41) is 5.75. The van der Waals surface area contributed by atoms with Gasteiger partial charge in [0, 0.05) is 25.6 Å². The highest BCUT2D eigenvalue weighted by Crippen LogP contribution is 2.37. The maximum Gasteiger partial charge on any atom is 0.408 e. The molecule has 1 atom stereocenters. The van der Waals surface area contributed by atoms with Crippen molar-refractivity contribution >= 4 is 17.9 Å². The zero-order valence-electron chi connectivity index (χ0n) is 19.8. The molecule has 2 aromatic rings. The number of alkyl carbamates (subject to hydrolysis) is 1. The van der Waals surface area contributed by atoms with E-state index in [1.807, 2.05) is 74.5 Å². The van der Waals surface area contributed by atoms with Gasteiger partial charge in [-0.05, 0) is 37.8 Å². The number of carbonyl (C=O) groups is 3. The molecule has 0 aromatic heterocycles. The number of hydrogen-bond donors (Lipinski definition) is 2. The van der Waals surface area contributed by atoms with E-state index >= 15 is 0 Å². The lowest BCUT2D eigenvalue weighted by atomic mass is 10.0. The third-order valence-corrected chi connectivity index (χ3v) is 5.88. The van der Waals surface area contributed by atoms with Crippen molar-refractivity contribution in [3.63, 3.8) is 0 Å². The molecule has 1 saturated carbocycles. The topological polar surface area (TPSA) is 87.7 Å². The molecule has 7 nitrogen and oxygen atoms in total. The van der Waals surface area contributed by atoms with Crippen molar-refractivity contribution in [3.05, 3.63) is 83.9 Å². The van der Waals surface area contributed by atoms with Gasteiger partial charge in [-0.3, -0.25) is 9.59 Å². The molecule has 0 aliphatic heterocycles. The fourth-order valence-electron chi connectivity index (χ4n) is 3.64. The number of benzene rings is 2. The Morgan fingerprint density at radius 3 is 2.12 bits per heavy atom. The largest absolute Gasteiger partial charge is 0.445 e. The van der Waals surface area contributed by atoms with Crippen LogP contribution in [0, 0.1) is 0 Å². The standard InChI is InChI=1S/C27H33N3O4/c1-3-30(4-2)24(31)15-16-27(17-18-27)29-25(32)23(19-21-11-7-5-8-12-21)28-26(33)34-20-22-13-9-6-10-14-22/h5-16,23H,3-4,17-20H2,1-2H3,(H,28,33)(H,29,32). The van der Waals surface area contributed by atoms with Gasteiger partial charge in [0.15, 0.2) is 0 Å². The van der Waals surface area contributed by atoms with Gasteiger partial charge in [0.2, 0.25) is 11.8 Å². The Bertz CT molecular complexity index is 983. The summed E-state index contributed by atoms with van der Waals surface area (Å²) in [6.07, 6.45) is 4.48. The van der Waals surface area contributed by atoms with E-state index in [0.29, 0.717) is 19.5 Å². The van der Waals surface area contributed by atoms with Crippen molar-refractivity contribution in [2.75, 3.05) is 13.1 Å². The molecule has 1 aliphatic carbocycles. The number of hydrogen-bond acceptors (Lipinski definition) is 4. The lowest BCUT2D eigenvalue weighted by molar-refractivity contribution is -0.126. The summed E-state index contributed by atoms with van der Waals surface area (Å²) in [6, 6.07) is 18.1. The first kappa shape index (κ1) is 25.0. The summed E-state index contributed by atoms with van der Waals surface area (Å²) in [6.45, 7) is 5.24. The minimum absolute atomic E-state index is 0.0750. The fourth-order valence-corrected chi connectivity index (χ4v) is 3.64. The first-order valence-corrected chi connectivity index (χ1v) is 11.8. The summed E-state index contributed by atoms with van der Waals surface area (Å²) in [4.78, 5) is 39.7. The number of ether oxygens (including phenoxy) is 1. The van der Waals surface area contributed by atoms with E-state index in [-0.39, 0.29) is 18.4 Å². The van der Waals surface area contributed by atoms with Crippen molar-refractivity contribution in [1.29, 1.82) is 0 Å². The highest BCUT2D eigenvalue weighted by atomic mass is 16.5. The predicted octanol–water partition coefficient (Wildman–Crippen LogP) is 3.60. The second-order valence-electron chi connectivity index (χ2n) is 8.44. The van der Waals surface area contributed by atoms with E-state index < -0.39 is 17.7 Å². The molecule has 0 saturated heterocycles. The van der Waals surface area contributed by atoms with Crippen LogP contribution >= 0.6 is 0 Å². The van der Waals surface area contributed by atoms with Crippen LogP contribution in [0.25, 0.3) is 0 Å². The normalized spacial score (nSPS) is 14.8. The smallest absolute Gasteiger partial charge is 0.408 e. The monoisotopic (exact) mass is 463 g/mol. The highest BCUT2D eigenvalue weighted by Gasteiger charge is 2.43. The molecule has 3 rings (SSSR count). The molecule has 7 heteroatoms. The SMILES string of the molecule is CCN(CC)C(=O)C=CC1(NC(=O)C(Cc2ccccc2)NC(=O)OCc2ccccc2)CC1. The van der Waals surface area contributed by atoms with Crippen LogP contribution in [0.1, 0.15) is 37.8 Å². The number of carbonyl (C=O) groups excluding carboxylic acids is 3. The quantitative estimate of drug-likeness (QED) is 0.499. The van der Waals surface area contributed by atoms with E-state index in [9.17, 15) is 14.4 Å². The summed E-state index contributed by atoms with van der Waals surface area (Å²) in [5.74, 6) is -0.382. The molecule has 0 bridgehead atoms. The van der Waals surface area contributed by atoms with Crippen LogP contribution in [0.4, 0.5) is 4.79 Å². The zero-order valence-corrected chi connectivity index (χ0v) is 19.8. The van der Waals surface area contributed by atoms with E-state index in [2.05, 4.69) is 10.6 Å². The molecule has 0 heterocycles. The van der Waals surface area contributed by atoms with Gasteiger partial charge in [-0.15, -0.1) is 0 Å². The van der Waals surface area contributed by atoms with Gasteiger partial charge in [0.1, 0.15) is 12.6 Å². The van der Waals surface area contributed by atoms with E-state index in [4.69, 9.17) is 4.74 Å². The Morgan fingerprint density at radius 2 is 1.56 bits per heavy atom. The molecule has 2 N–H and O–H groups in total. The van der Waals surface area contributed by atoms with Gasteiger partial charge in [-0.25, -0.2) is 4.79 Å². The average Bonchev–Trinajstić information content (AvgIpc) is 3.62. The third kappa shape index (κ3) is 7.47. The summed E-state index contributed by atoms with van der Waals surface area (Å²) >= 11 is 0. The minimum Gasteiger partial charge on any atom is -0.445 e. The Balaban J connectivity index is 1.64. The first-order valence-electron chi connectivity index (χ1n) is 11.8. The number of amides is 3. The molecule has 0 radical (unpaired) electrons. The Hall–Kier alpha value is -3.61. The summed E-state index contributed by atoms with van der Waals surface area (Å²) in [7, 11) is 0. The van der Waals surface area contributed by atoms with Gasteiger partial charge in [-0.1, -0.05) is 66.7 Å². The summed E-state index contributed by atoms with van der Waals surface area (Å²) < 4.78 is 5.33. The molecule has 0 spiro atoms. The maximum atomic E-state index is 13.2. The molecule has 2 aromatic carbocycles. The van der Waals surface area contributed by atoms with Crippen molar-refractivity contribution < 1.29 is 19.1 Å². The molecule has 3 amide bonds. The van der Waals surface area contributed by atoms with Gasteiger partial charge in [-0.2, -0.15) is 0 Å². The minimum atomic E-state index is -0.810. The van der Waals surface area contributed by atoms with Gasteiger partial charge < -0.3 is 20.3 Å². The molecular formula is C27H33N3O4. The van der Waals surface area contributed by atoms with Gasteiger partial charge >= 0.3 is 6.09 Å². The maximum absolute atomic E-state index is 13.2. The van der Waals surface area contributed by atoms with Crippen LogP contribution < -0.4 is 10.6 Å². The molecule has 180 valence electrons. The second kappa shape index (κ2) is 12.0. The predicted molar refractivity (Wildman–Crippen MR) is 131 cm³/mol. The number of nitrogens with one attached hydrogen (secondary N) is 2. The molecule has 34 heavy (non-hydrogen) atoms. The number of nitrogens with zero attached hydrogens (tertiary/aromatic N) is 1. The van der Waals surface area contributed by atoms with E-state index in [1.165, 1.54) is 6.08 Å². The average molecular weight is 464 g/mol. The van der Waals surface area contributed by atoms with Crippen molar-refractivity contribution in [2.24, 2.45) is 0 Å². The van der Waals surface area contributed by atoms with Crippen LogP contribution in [-0.2, 0) is 27.4 Å². The zero-order chi connectivity index (χ0) is 24.4. The molecule has 1 aliphatic rings. The highest BCUT2D eigenvalue weighted by molar-refractivity contribution is 5.89. The van der Waals surface area contributed by atoms with Crippen LogP contribution in [0.2, 0.25) is 0 Å². The first-order chi connectivity index (χ1) is 16.4. The van der Waals surface area contributed by atoms with Crippen molar-refractivity contribution in [1.82, 2.24) is 15.5 Å². The Morgan fingerprint density at radius 1 is 0.971 bits per heavy atom. The van der Waals surface area contributed by atoms with Crippen LogP contribution in [0.5, 0.6) is 0 Å². The fraction of sp³-hybridized carbons (Fsp3) is 0.370. The Kier molecular flexibility index (Phi) is 8.85. The molecule has 1 unspecified atom stereocenters.